The average molecular weight is 1500 g/mol. The van der Waals surface area contributed by atoms with Crippen LogP contribution < -0.4 is 26.2 Å². The van der Waals surface area contributed by atoms with Gasteiger partial charge < -0.3 is 14.4 Å². The Bertz CT molecular complexity index is 6330. The summed E-state index contributed by atoms with van der Waals surface area (Å²) >= 11 is 0. The summed E-state index contributed by atoms with van der Waals surface area (Å²) in [6.07, 6.45) is 0. The fourth-order valence-corrected chi connectivity index (χ4v) is 17.6. The van der Waals surface area contributed by atoms with Crippen molar-refractivity contribution >= 4 is 84.7 Å². The molecule has 0 unspecified atom stereocenters. The Labute approximate surface area is 688 Å². The van der Waals surface area contributed by atoms with Gasteiger partial charge in [-0.05, 0) is 217 Å². The maximum absolute atomic E-state index is 10.3. The number of nitriles is 1. The predicted octanol–water partition coefficient (Wildman–Crippen LogP) is 28.7. The third-order valence-electron chi connectivity index (χ3n) is 24.3. The van der Waals surface area contributed by atoms with Crippen molar-refractivity contribution in [2.45, 2.75) is 157 Å². The highest BCUT2D eigenvalue weighted by molar-refractivity contribution is 7.00. The molecule has 17 rings (SSSR count). The van der Waals surface area contributed by atoms with Crippen molar-refractivity contribution in [1.82, 2.24) is 4.57 Å². The SMILES string of the molecule is [C-]#[N+]c1ccc(-c2cc(-c3cccc(C(C)(C)C)c3)c(N3c4cc(-n5c6ccccc6c6ccccc65)ccc4B4c5cc(-c6cccc(C(C)(C)C)c6)ccc5N(c5c(-c6cccc(C(C)(C)C)c6)cc(-c6ccc(C#N)cc6)cc5-c5cccc(C(C)(C)C)c5)c5cc(C(C)(C)C)cc3c54)c(-c3cccc(C(C)(C)C)c3)c2)cc1. The Morgan fingerprint density at radius 1 is 0.293 bits per heavy atom. The van der Waals surface area contributed by atoms with Crippen molar-refractivity contribution in [1.29, 1.82) is 5.26 Å². The number of hydrogen-bond donors (Lipinski definition) is 0. The van der Waals surface area contributed by atoms with Crippen LogP contribution in [0.25, 0.3) is 110 Å². The normalized spacial score (nSPS) is 13.0. The summed E-state index contributed by atoms with van der Waals surface area (Å²) < 4.78 is 2.50. The van der Waals surface area contributed by atoms with E-state index in [9.17, 15) is 5.26 Å². The molecule has 0 aliphatic carbocycles. The second-order valence-electron chi connectivity index (χ2n) is 38.5. The van der Waals surface area contributed by atoms with Gasteiger partial charge in [0.15, 0.2) is 5.69 Å². The molecule has 2 aliphatic heterocycles. The van der Waals surface area contributed by atoms with Gasteiger partial charge in [-0.15, -0.1) is 0 Å². The molecule has 0 saturated heterocycles. The van der Waals surface area contributed by atoms with Gasteiger partial charge in [0.2, 0.25) is 0 Å². The van der Waals surface area contributed by atoms with Crippen LogP contribution in [0.5, 0.6) is 0 Å². The highest BCUT2D eigenvalue weighted by Crippen LogP contribution is 2.57. The van der Waals surface area contributed by atoms with Gasteiger partial charge >= 0.3 is 0 Å². The third kappa shape index (κ3) is 13.7. The lowest BCUT2D eigenvalue weighted by atomic mass is 9.33. The van der Waals surface area contributed by atoms with Crippen molar-refractivity contribution in [2.75, 3.05) is 9.80 Å². The summed E-state index contributed by atoms with van der Waals surface area (Å²) in [5.41, 5.74) is 36.0. The second-order valence-corrected chi connectivity index (χ2v) is 38.5. The Kier molecular flexibility index (Phi) is 18.5. The summed E-state index contributed by atoms with van der Waals surface area (Å²) in [7, 11) is 0. The number of nitrogens with zero attached hydrogens (tertiary/aromatic N) is 5. The van der Waals surface area contributed by atoms with Crippen molar-refractivity contribution < 1.29 is 0 Å². The molecule has 2 aliphatic rings. The number of para-hydroxylation sites is 2. The van der Waals surface area contributed by atoms with E-state index < -0.39 is 5.41 Å². The van der Waals surface area contributed by atoms with E-state index >= 15 is 0 Å². The summed E-state index contributed by atoms with van der Waals surface area (Å²) in [5, 5.41) is 12.7. The molecule has 14 aromatic carbocycles. The van der Waals surface area contributed by atoms with E-state index in [1.54, 1.807) is 0 Å². The molecule has 116 heavy (non-hydrogen) atoms. The fourth-order valence-electron chi connectivity index (χ4n) is 17.6. The van der Waals surface area contributed by atoms with Gasteiger partial charge in [-0.25, -0.2) is 4.85 Å². The van der Waals surface area contributed by atoms with E-state index in [-0.39, 0.29) is 33.8 Å². The number of benzene rings is 14. The van der Waals surface area contributed by atoms with Crippen LogP contribution in [0, 0.1) is 17.9 Å². The zero-order valence-corrected chi connectivity index (χ0v) is 70.5. The smallest absolute Gasteiger partial charge is 0.252 e. The van der Waals surface area contributed by atoms with Crippen LogP contribution >= 0.6 is 0 Å². The van der Waals surface area contributed by atoms with Gasteiger partial charge in [-0.2, -0.15) is 5.26 Å². The minimum Gasteiger partial charge on any atom is -0.310 e. The first-order valence-electron chi connectivity index (χ1n) is 41.1. The Morgan fingerprint density at radius 3 is 1.05 bits per heavy atom. The van der Waals surface area contributed by atoms with Crippen LogP contribution in [-0.2, 0) is 32.5 Å². The largest absolute Gasteiger partial charge is 0.310 e. The van der Waals surface area contributed by atoms with Gasteiger partial charge in [0, 0.05) is 61.5 Å². The molecule has 5 nitrogen and oxygen atoms in total. The molecule has 0 atom stereocenters. The first kappa shape index (κ1) is 76.2. The van der Waals surface area contributed by atoms with Crippen molar-refractivity contribution in [3.63, 3.8) is 0 Å². The zero-order valence-electron chi connectivity index (χ0n) is 70.5. The monoisotopic (exact) mass is 1500 g/mol. The van der Waals surface area contributed by atoms with E-state index in [1.807, 2.05) is 24.3 Å². The van der Waals surface area contributed by atoms with Gasteiger partial charge in [0.25, 0.3) is 6.71 Å². The fraction of sp³-hybridized carbons (Fsp3) is 0.218. The first-order chi connectivity index (χ1) is 55.2. The standard InChI is InChI=1S/C110H102BN5/c1-105(2,3)80-34-24-29-72(55-80)73-49-54-98-95(64-73)111-94-53-52-87(114-96-41-22-20-39-88(96)89-40-21-23-42-97(89)114)67-99(94)116(104-92(76-32-27-37-83(58-76)108(10,11)12)62-79(71-47-50-86(113-19)51-48-71)63-93(104)77-33-28-38-84(59-77)109(13,14)15)101-66-85(110(16,17)18)65-100(102(101)111)115(98)103-90(74-30-25-35-81(56-74)106(4,5)6)60-78(70-45-43-69(68-112)44-46-70)61-91(103)75-31-26-36-82(57-75)107(7,8)9/h20-67H,1-18H3. The van der Waals surface area contributed by atoms with E-state index in [0.29, 0.717) is 11.3 Å². The van der Waals surface area contributed by atoms with Crippen LogP contribution in [-0.4, -0.2) is 11.3 Å². The molecule has 1 aromatic heterocycles. The zero-order chi connectivity index (χ0) is 81.4. The summed E-state index contributed by atoms with van der Waals surface area (Å²) in [6.45, 7) is 49.8. The Hall–Kier alpha value is -12.5. The third-order valence-corrected chi connectivity index (χ3v) is 24.3. The number of aromatic nitrogens is 1. The van der Waals surface area contributed by atoms with Crippen LogP contribution in [0.4, 0.5) is 39.8 Å². The van der Waals surface area contributed by atoms with E-state index in [1.165, 1.54) is 66.1 Å². The van der Waals surface area contributed by atoms with Gasteiger partial charge in [-0.1, -0.05) is 337 Å². The lowest BCUT2D eigenvalue weighted by Gasteiger charge is -2.46. The van der Waals surface area contributed by atoms with Gasteiger partial charge in [0.1, 0.15) is 0 Å². The van der Waals surface area contributed by atoms with E-state index in [0.717, 1.165) is 123 Å². The highest BCUT2D eigenvalue weighted by atomic mass is 15.2. The summed E-state index contributed by atoms with van der Waals surface area (Å²) in [6, 6.07) is 113. The van der Waals surface area contributed by atoms with Crippen molar-refractivity contribution in [3.05, 3.63) is 342 Å². The molecule has 0 amide bonds. The average Bonchev–Trinajstić information content (AvgIpc) is 0.729. The number of anilines is 6. The highest BCUT2D eigenvalue weighted by Gasteiger charge is 2.47. The second kappa shape index (κ2) is 28.2. The Morgan fingerprint density at radius 2 is 0.655 bits per heavy atom. The number of fused-ring (bicyclic) bond motifs is 7. The molecule has 3 heterocycles. The molecule has 0 spiro atoms. The molecule has 0 fully saturated rings. The maximum Gasteiger partial charge on any atom is 0.252 e. The molecule has 0 N–H and O–H groups in total. The van der Waals surface area contributed by atoms with Gasteiger partial charge in [-0.3, -0.25) is 0 Å². The van der Waals surface area contributed by atoms with Crippen LogP contribution in [0.3, 0.4) is 0 Å². The Balaban J connectivity index is 1.10. The molecule has 0 radical (unpaired) electrons. The number of hydrogen-bond acceptors (Lipinski definition) is 3. The molecule has 570 valence electrons. The van der Waals surface area contributed by atoms with Crippen LogP contribution in [0.1, 0.15) is 164 Å². The van der Waals surface area contributed by atoms with Crippen molar-refractivity contribution in [2.24, 2.45) is 0 Å². The molecular weight excluding hydrogens is 1400 g/mol. The molecule has 0 bridgehead atoms. The first-order valence-corrected chi connectivity index (χ1v) is 41.1. The van der Waals surface area contributed by atoms with Crippen LogP contribution in [0.15, 0.2) is 291 Å². The minimum absolute atomic E-state index is 0.105. The number of rotatable bonds is 10. The minimum atomic E-state index is -0.409. The molecule has 0 saturated carbocycles. The maximum atomic E-state index is 10.3. The summed E-state index contributed by atoms with van der Waals surface area (Å²) in [5.74, 6) is 0. The molecule has 15 aromatic rings. The molecule has 6 heteroatoms. The lowest BCUT2D eigenvalue weighted by Crippen LogP contribution is -2.61. The van der Waals surface area contributed by atoms with Crippen LogP contribution in [0.2, 0.25) is 0 Å². The van der Waals surface area contributed by atoms with E-state index in [2.05, 4.69) is 417 Å². The quantitative estimate of drug-likeness (QED) is 0.101. The summed E-state index contributed by atoms with van der Waals surface area (Å²) in [4.78, 5) is 9.36. The molecular formula is C110H102BN5. The topological polar surface area (TPSA) is 39.6 Å². The van der Waals surface area contributed by atoms with E-state index in [4.69, 9.17) is 6.57 Å². The van der Waals surface area contributed by atoms with Crippen molar-refractivity contribution in [3.8, 4) is 89.6 Å². The van der Waals surface area contributed by atoms with Gasteiger partial charge in [0.05, 0.1) is 40.6 Å². The predicted molar refractivity (Wildman–Crippen MR) is 496 cm³/mol. The lowest BCUT2D eigenvalue weighted by molar-refractivity contribution is 0.590.